The zero-order valence-electron chi connectivity index (χ0n) is 7.07. The Bertz CT molecular complexity index is 259. The molecule has 0 saturated heterocycles. The summed E-state index contributed by atoms with van der Waals surface area (Å²) in [4.78, 5) is 54.1. The van der Waals surface area contributed by atoms with Gasteiger partial charge in [-0.2, -0.15) is 0 Å². The van der Waals surface area contributed by atoms with Gasteiger partial charge >= 0.3 is 45.2 Å². The first-order valence-electron chi connectivity index (χ1n) is 2.30. The fourth-order valence-electron chi connectivity index (χ4n) is 0.134. The van der Waals surface area contributed by atoms with Crippen LogP contribution in [0.25, 0.3) is 0 Å². The minimum absolute atomic E-state index is 0. The van der Waals surface area contributed by atoms with Crippen molar-refractivity contribution < 1.29 is 81.8 Å². The Morgan fingerprint density at radius 2 is 1.07 bits per heavy atom. The summed E-state index contributed by atoms with van der Waals surface area (Å²) in [5, 5.41) is 0. The van der Waals surface area contributed by atoms with Crippen LogP contribution in [0.3, 0.4) is 0 Å². The summed E-state index contributed by atoms with van der Waals surface area (Å²) < 4.78 is 30.8. The predicted octanol–water partition coefficient (Wildman–Crippen LogP) is -5.37. The average molecular weight is 298 g/mol. The summed E-state index contributed by atoms with van der Waals surface area (Å²) in [6.07, 6.45) is 0. The molecular formula is H6NaO11P3. The van der Waals surface area contributed by atoms with Crippen LogP contribution in [0.4, 0.5) is 0 Å². The van der Waals surface area contributed by atoms with Crippen molar-refractivity contribution in [3.8, 4) is 0 Å². The molecule has 0 aliphatic rings. The van der Waals surface area contributed by atoms with Crippen LogP contribution < -0.4 is 34.5 Å². The van der Waals surface area contributed by atoms with Crippen molar-refractivity contribution in [3.63, 3.8) is 0 Å². The van der Waals surface area contributed by atoms with Gasteiger partial charge in [-0.15, -0.1) is 0 Å². The maximum absolute atomic E-state index is 9.59. The molecule has 0 aliphatic carbocycles. The van der Waals surface area contributed by atoms with E-state index in [4.69, 9.17) is 33.9 Å². The fraction of sp³-hybridized carbons (Fsp3) is 0. The molecule has 0 saturated carbocycles. The van der Waals surface area contributed by atoms with Crippen molar-refractivity contribution in [1.82, 2.24) is 0 Å². The molecule has 0 fully saturated rings. The molecule has 15 heteroatoms. The van der Waals surface area contributed by atoms with Crippen molar-refractivity contribution in [3.05, 3.63) is 0 Å². The van der Waals surface area contributed by atoms with Gasteiger partial charge < -0.3 is 34.3 Å². The van der Waals surface area contributed by atoms with Crippen LogP contribution in [0, 0.1) is 0 Å². The van der Waals surface area contributed by atoms with Gasteiger partial charge in [0.25, 0.3) is 7.82 Å². The smallest absolute Gasteiger partial charge is 0.756 e. The molecule has 0 rings (SSSR count). The topological polar surface area (TPSA) is 205 Å². The van der Waals surface area contributed by atoms with Crippen molar-refractivity contribution >= 4 is 23.5 Å². The first-order chi connectivity index (χ1) is 5.71. The van der Waals surface area contributed by atoms with Gasteiger partial charge in [0, 0.05) is 0 Å². The zero-order chi connectivity index (χ0) is 12.2. The van der Waals surface area contributed by atoms with E-state index < -0.39 is 23.5 Å². The van der Waals surface area contributed by atoms with Crippen LogP contribution in [0.5, 0.6) is 0 Å². The van der Waals surface area contributed by atoms with E-state index in [-0.39, 0.29) is 29.6 Å². The van der Waals surface area contributed by atoms with Crippen LogP contribution in [-0.4, -0.2) is 29.4 Å². The second-order valence-electron chi connectivity index (χ2n) is 1.55. The van der Waals surface area contributed by atoms with Gasteiger partial charge in [0.05, 0.1) is 0 Å². The minimum atomic E-state index is -5.30. The molecule has 15 heavy (non-hydrogen) atoms. The summed E-state index contributed by atoms with van der Waals surface area (Å²) in [6.45, 7) is 0. The molecule has 0 bridgehead atoms. The zero-order valence-corrected chi connectivity index (χ0v) is 11.7. The van der Waals surface area contributed by atoms with Gasteiger partial charge in [0.1, 0.15) is 0 Å². The second-order valence-corrected chi connectivity index (χ2v) is 5.15. The molecule has 1 unspecified atom stereocenters. The molecule has 0 radical (unpaired) electrons. The fourth-order valence-corrected chi connectivity index (χ4v) is 1.21. The van der Waals surface area contributed by atoms with Crippen LogP contribution in [0.2, 0.25) is 0 Å². The standard InChI is InChI=1S/Na.H4O7P2.H3O4P/c;1-8(2,3)7-9(4,5)6;1-5(2,3)4/h;(H2,1,2,3)(H2,4,5,6);(H3,1,2,3,4)/q+1;;/p-1. The van der Waals surface area contributed by atoms with Crippen LogP contribution >= 0.6 is 23.5 Å². The Morgan fingerprint density at radius 3 is 1.07 bits per heavy atom. The van der Waals surface area contributed by atoms with E-state index in [2.05, 4.69) is 4.31 Å². The predicted molar refractivity (Wildman–Crippen MR) is 37.2 cm³/mol. The van der Waals surface area contributed by atoms with Gasteiger partial charge in [-0.1, -0.05) is 0 Å². The molecule has 0 aromatic rings. The molecule has 88 valence electrons. The molecule has 11 nitrogen and oxygen atoms in total. The Hall–Kier alpha value is 1.37. The van der Waals surface area contributed by atoms with Crippen molar-refractivity contribution in [2.75, 3.05) is 0 Å². The van der Waals surface area contributed by atoms with E-state index in [1.807, 2.05) is 0 Å². The molecule has 6 N–H and O–H groups in total. The molecule has 0 heterocycles. The summed E-state index contributed by atoms with van der Waals surface area (Å²) in [6, 6.07) is 0. The molecule has 0 spiro atoms. The van der Waals surface area contributed by atoms with E-state index in [0.717, 1.165) is 0 Å². The number of hydrogen-bond donors (Lipinski definition) is 6. The number of hydrogen-bond acceptors (Lipinski definition) is 5. The van der Waals surface area contributed by atoms with E-state index in [1.54, 1.807) is 0 Å². The second kappa shape index (κ2) is 7.65. The van der Waals surface area contributed by atoms with E-state index in [9.17, 15) is 14.0 Å². The molecule has 0 amide bonds. The molecule has 0 aromatic carbocycles. The number of rotatable bonds is 2. The third kappa shape index (κ3) is 50.6. The van der Waals surface area contributed by atoms with Gasteiger partial charge in [-0.25, -0.2) is 13.4 Å². The molecule has 1 atom stereocenters. The van der Waals surface area contributed by atoms with E-state index in [0.29, 0.717) is 0 Å². The summed E-state index contributed by atoms with van der Waals surface area (Å²) >= 11 is 0. The van der Waals surface area contributed by atoms with Gasteiger partial charge in [0.15, 0.2) is 0 Å². The van der Waals surface area contributed by atoms with Crippen LogP contribution in [0.15, 0.2) is 0 Å². The quantitative estimate of drug-likeness (QED) is 0.209. The minimum Gasteiger partial charge on any atom is -0.756 e. The van der Waals surface area contributed by atoms with Crippen LogP contribution in [-0.2, 0) is 18.0 Å². The van der Waals surface area contributed by atoms with Crippen molar-refractivity contribution in [1.29, 1.82) is 0 Å². The van der Waals surface area contributed by atoms with E-state index >= 15 is 0 Å². The van der Waals surface area contributed by atoms with Crippen molar-refractivity contribution in [2.45, 2.75) is 0 Å². The van der Waals surface area contributed by atoms with Gasteiger partial charge in [-0.3, -0.25) is 4.57 Å². The monoisotopic (exact) mass is 298 g/mol. The Morgan fingerprint density at radius 1 is 0.867 bits per heavy atom. The normalized spacial score (nSPS) is 15.4. The largest absolute Gasteiger partial charge is 1.00 e. The third-order valence-corrected chi connectivity index (χ3v) is 1.89. The molecular weight excluding hydrogens is 292 g/mol. The maximum Gasteiger partial charge on any atom is 1.00 e. The third-order valence-electron chi connectivity index (χ3n) is 0.210. The Kier molecular flexibility index (Phi) is 11.0. The van der Waals surface area contributed by atoms with E-state index in [1.165, 1.54) is 0 Å². The SMILES string of the molecule is O=P(O)(O)O.O=P([O-])(O)OP(=O)(O)O.[Na+]. The van der Waals surface area contributed by atoms with Gasteiger partial charge in [-0.05, 0) is 0 Å². The van der Waals surface area contributed by atoms with Crippen molar-refractivity contribution in [2.24, 2.45) is 0 Å². The van der Waals surface area contributed by atoms with Crippen LogP contribution in [0.1, 0.15) is 0 Å². The van der Waals surface area contributed by atoms with Gasteiger partial charge in [0.2, 0.25) is 0 Å². The maximum atomic E-state index is 9.59. The number of phosphoric acid groups is 3. The summed E-state index contributed by atoms with van der Waals surface area (Å²) in [7, 11) is -15.1. The summed E-state index contributed by atoms with van der Waals surface area (Å²) in [5.41, 5.74) is 0. The summed E-state index contributed by atoms with van der Waals surface area (Å²) in [5.74, 6) is 0. The molecule has 0 aromatic heterocycles. The average Bonchev–Trinajstić information content (AvgIpc) is 1.42. The Balaban J connectivity index is -0.000000208. The first kappa shape index (κ1) is 21.6. The first-order valence-corrected chi connectivity index (χ1v) is 6.89. The Labute approximate surface area is 105 Å². The molecule has 0 aliphatic heterocycles.